The van der Waals surface area contributed by atoms with Crippen molar-refractivity contribution in [2.45, 2.75) is 198 Å². The van der Waals surface area contributed by atoms with Crippen LogP contribution in [-0.4, -0.2) is 63.1 Å². The Morgan fingerprint density at radius 3 is 0.750 bits per heavy atom. The Kier molecular flexibility index (Phi) is 43.8. The third-order valence-corrected chi connectivity index (χ3v) is 13.0. The largest absolute Gasteiger partial charge is 0 e. The van der Waals surface area contributed by atoms with Crippen molar-refractivity contribution >= 4 is 52.9 Å². The summed E-state index contributed by atoms with van der Waals surface area (Å²) < 4.78 is 16.9. The Morgan fingerprint density at radius 2 is 0.596 bits per heavy atom. The Morgan fingerprint density at radius 1 is 0.404 bits per heavy atom. The number of carboxylic acids is 2. The zero-order valence-corrected chi connectivity index (χ0v) is 41.3. The summed E-state index contributed by atoms with van der Waals surface area (Å²) >= 11 is -4.04. The number of hydrogen-bond acceptors (Lipinski definition) is 8. The van der Waals surface area contributed by atoms with Gasteiger partial charge >= 0.3 is 212 Å². The molecular formula is C40H77BiO10Zn. The molecule has 0 saturated carbocycles. The summed E-state index contributed by atoms with van der Waals surface area (Å²) in [6, 6.07) is 0. The smallest absolute Gasteiger partial charge is 0 e. The Bertz CT molecular complexity index is 806. The number of hydrogen-bond donors (Lipinski definition) is 2. The molecule has 0 aromatic rings. The topological polar surface area (TPSA) is 153 Å². The van der Waals surface area contributed by atoms with Crippen LogP contribution in [0.5, 0.6) is 0 Å². The maximum atomic E-state index is 12.7. The molecule has 0 bridgehead atoms. The molecular weight excluding hydrogens is 915 g/mol. The second kappa shape index (κ2) is 39.5. The number of unbranched alkanes of at least 4 members (excludes halogenated alkanes) is 5. The van der Waals surface area contributed by atoms with Gasteiger partial charge in [0.05, 0.1) is 11.8 Å². The summed E-state index contributed by atoms with van der Waals surface area (Å²) in [6.07, 6.45) is 17.3. The van der Waals surface area contributed by atoms with Crippen molar-refractivity contribution in [2.75, 3.05) is 0 Å². The predicted molar refractivity (Wildman–Crippen MR) is 206 cm³/mol. The summed E-state index contributed by atoms with van der Waals surface area (Å²) in [4.78, 5) is 59.0. The Hall–Kier alpha value is -1.14. The quantitative estimate of drug-likeness (QED) is 0.0724. The average Bonchev–Trinajstić information content (AvgIpc) is 3.10. The van der Waals surface area contributed by atoms with Crippen LogP contribution >= 0.6 is 0 Å². The molecule has 5 atom stereocenters. The molecule has 304 valence electrons. The SMILES string of the molecule is CCCCC(CC)C(=O)O.CCCCC(CC)C(=O)O.CCCCC(CC)C(=O)[O][Bi]([O]C(=O)C(CC)CCCC)[O]C(=O)C(CC)CCCC.[Zn]. The molecule has 0 spiro atoms. The van der Waals surface area contributed by atoms with E-state index in [4.69, 9.17) is 18.7 Å². The first-order valence-electron chi connectivity index (χ1n) is 20.2. The zero-order chi connectivity index (χ0) is 39.6. The fraction of sp³-hybridized carbons (Fsp3) is 0.875. The Balaban J connectivity index is -0.000000446. The van der Waals surface area contributed by atoms with E-state index in [9.17, 15) is 24.0 Å². The summed E-state index contributed by atoms with van der Waals surface area (Å²) in [5, 5.41) is 17.2. The van der Waals surface area contributed by atoms with Gasteiger partial charge in [-0.2, -0.15) is 0 Å². The van der Waals surface area contributed by atoms with E-state index in [1.165, 1.54) is 0 Å². The van der Waals surface area contributed by atoms with Crippen LogP contribution in [0.2, 0.25) is 0 Å². The van der Waals surface area contributed by atoms with Gasteiger partial charge in [0.1, 0.15) is 0 Å². The van der Waals surface area contributed by atoms with Gasteiger partial charge in [-0.05, 0) is 25.7 Å². The van der Waals surface area contributed by atoms with Crippen LogP contribution < -0.4 is 0 Å². The number of carbonyl (C=O) groups excluding carboxylic acids is 3. The number of carbonyl (C=O) groups is 5. The van der Waals surface area contributed by atoms with Gasteiger partial charge in [-0.15, -0.1) is 0 Å². The molecule has 0 aliphatic rings. The molecule has 10 nitrogen and oxygen atoms in total. The van der Waals surface area contributed by atoms with Gasteiger partial charge in [0.2, 0.25) is 0 Å². The van der Waals surface area contributed by atoms with Crippen LogP contribution in [0.15, 0.2) is 0 Å². The molecule has 0 heterocycles. The molecule has 12 heteroatoms. The van der Waals surface area contributed by atoms with Crippen LogP contribution in [0.1, 0.15) is 198 Å². The molecule has 0 aromatic carbocycles. The number of aliphatic carboxylic acids is 2. The van der Waals surface area contributed by atoms with E-state index in [1.807, 2.05) is 34.6 Å². The molecule has 0 aliphatic heterocycles. The van der Waals surface area contributed by atoms with E-state index in [-0.39, 0.29) is 49.1 Å². The monoisotopic (exact) mass is 990 g/mol. The third-order valence-electron chi connectivity index (χ3n) is 9.19. The van der Waals surface area contributed by atoms with E-state index in [0.29, 0.717) is 19.3 Å². The predicted octanol–water partition coefficient (Wildman–Crippen LogP) is 10.8. The van der Waals surface area contributed by atoms with Crippen LogP contribution in [0.4, 0.5) is 0 Å². The van der Waals surface area contributed by atoms with Gasteiger partial charge in [-0.25, -0.2) is 0 Å². The molecule has 0 saturated heterocycles. The molecule has 52 heavy (non-hydrogen) atoms. The van der Waals surface area contributed by atoms with E-state index < -0.39 is 52.9 Å². The van der Waals surface area contributed by atoms with Gasteiger partial charge < -0.3 is 10.2 Å². The summed E-state index contributed by atoms with van der Waals surface area (Å²) in [6.45, 7) is 20.1. The molecule has 0 fully saturated rings. The van der Waals surface area contributed by atoms with Crippen molar-refractivity contribution in [2.24, 2.45) is 29.6 Å². The van der Waals surface area contributed by atoms with E-state index in [0.717, 1.165) is 109 Å². The summed E-state index contributed by atoms with van der Waals surface area (Å²) in [5.41, 5.74) is 0. The first-order chi connectivity index (χ1) is 24.3. The molecule has 2 N–H and O–H groups in total. The minimum atomic E-state index is -4.04. The fourth-order valence-electron chi connectivity index (χ4n) is 5.22. The molecule has 5 unspecified atom stereocenters. The van der Waals surface area contributed by atoms with Gasteiger partial charge in [0, 0.05) is 19.5 Å². The van der Waals surface area contributed by atoms with Crippen molar-refractivity contribution in [1.29, 1.82) is 0 Å². The van der Waals surface area contributed by atoms with Gasteiger partial charge in [0.15, 0.2) is 0 Å². The Labute approximate surface area is 340 Å². The number of carboxylic acid groups (broad SMARTS) is 2. The van der Waals surface area contributed by atoms with Crippen LogP contribution in [-0.2, 0) is 51.9 Å². The van der Waals surface area contributed by atoms with E-state index in [2.05, 4.69) is 34.6 Å². The van der Waals surface area contributed by atoms with Crippen molar-refractivity contribution in [1.82, 2.24) is 0 Å². The van der Waals surface area contributed by atoms with Crippen molar-refractivity contribution in [3.05, 3.63) is 0 Å². The first kappa shape index (κ1) is 57.6. The summed E-state index contributed by atoms with van der Waals surface area (Å²) in [5.74, 6) is -3.43. The standard InChI is InChI=1S/5C8H16O2.Bi.Zn/c5*1-3-5-6-7(4-2)8(9)10;;/h5*7H,3-6H2,1-2H3,(H,9,10);;/q;;;;;+3;/p-3. The van der Waals surface area contributed by atoms with Crippen LogP contribution in [0.25, 0.3) is 0 Å². The van der Waals surface area contributed by atoms with Crippen molar-refractivity contribution < 1.29 is 62.1 Å². The van der Waals surface area contributed by atoms with Gasteiger partial charge in [0.25, 0.3) is 0 Å². The van der Waals surface area contributed by atoms with Crippen LogP contribution in [0, 0.1) is 29.6 Å². The fourth-order valence-corrected chi connectivity index (χ4v) is 9.11. The molecule has 0 amide bonds. The second-order valence-electron chi connectivity index (χ2n) is 13.4. The maximum absolute atomic E-state index is 12.7. The average molecular weight is 992 g/mol. The first-order valence-corrected chi connectivity index (χ1v) is 24.5. The van der Waals surface area contributed by atoms with Crippen molar-refractivity contribution in [3.63, 3.8) is 0 Å². The minimum absolute atomic E-state index is 0. The zero-order valence-electron chi connectivity index (χ0n) is 34.8. The van der Waals surface area contributed by atoms with Crippen molar-refractivity contribution in [3.8, 4) is 0 Å². The third kappa shape index (κ3) is 30.2. The molecule has 0 rings (SSSR count). The molecule has 0 radical (unpaired) electrons. The summed E-state index contributed by atoms with van der Waals surface area (Å²) in [7, 11) is 0. The normalized spacial score (nSPS) is 13.4. The maximum Gasteiger partial charge on any atom is 0 e. The van der Waals surface area contributed by atoms with Gasteiger partial charge in [-0.1, -0.05) is 53.4 Å². The molecule has 0 aliphatic carbocycles. The van der Waals surface area contributed by atoms with E-state index in [1.54, 1.807) is 0 Å². The minimum Gasteiger partial charge on any atom is 0 e. The van der Waals surface area contributed by atoms with Gasteiger partial charge in [-0.3, -0.25) is 9.59 Å². The van der Waals surface area contributed by atoms with E-state index >= 15 is 0 Å². The second-order valence-corrected chi connectivity index (χ2v) is 17.2. The van der Waals surface area contributed by atoms with Crippen LogP contribution in [0.3, 0.4) is 0 Å². The molecule has 0 aromatic heterocycles. The number of rotatable bonds is 28.